The van der Waals surface area contributed by atoms with E-state index in [2.05, 4.69) is 10.6 Å². The van der Waals surface area contributed by atoms with Crippen molar-refractivity contribution in [1.82, 2.24) is 5.48 Å². The van der Waals surface area contributed by atoms with Gasteiger partial charge in [-0.1, -0.05) is 17.3 Å². The third-order valence-electron chi connectivity index (χ3n) is 6.12. The number of fused-ring (bicyclic) bond motifs is 2. The number of ether oxygens (including phenoxy) is 4. The van der Waals surface area contributed by atoms with E-state index >= 15 is 0 Å². The second-order valence-electron chi connectivity index (χ2n) is 8.07. The number of hydroxylamine groups is 1. The molecule has 2 atom stereocenters. The first-order valence-corrected chi connectivity index (χ1v) is 10.9. The lowest BCUT2D eigenvalue weighted by atomic mass is 9.77. The van der Waals surface area contributed by atoms with Crippen molar-refractivity contribution in [2.24, 2.45) is 11.1 Å². The highest BCUT2D eigenvalue weighted by Gasteiger charge is 2.33. The third-order valence-corrected chi connectivity index (χ3v) is 6.12. The zero-order valence-corrected chi connectivity index (χ0v) is 17.6. The molecule has 3 aliphatic rings. The van der Waals surface area contributed by atoms with Gasteiger partial charge in [0.05, 0.1) is 11.8 Å². The largest absolute Gasteiger partial charge is 0.486 e. The average molecular weight is 438 g/mol. The predicted octanol–water partition coefficient (Wildman–Crippen LogP) is 3.96. The maximum Gasteiger partial charge on any atom is 0.161 e. The van der Waals surface area contributed by atoms with Crippen molar-refractivity contribution in [3.05, 3.63) is 53.1 Å². The van der Waals surface area contributed by atoms with Crippen LogP contribution in [0.1, 0.15) is 36.4 Å². The maximum absolute atomic E-state index is 10.0. The van der Waals surface area contributed by atoms with Crippen LogP contribution in [0, 0.1) is 5.92 Å². The first-order chi connectivity index (χ1) is 15.8. The molecule has 168 valence electrons. The fourth-order valence-electron chi connectivity index (χ4n) is 4.63. The standard InChI is InChI=1S/C24H26N2O6/c27-25-23-16(12-15-4-6-19-21(13-15)31-10-8-29-19)2-1-3-18(23)24(26-28)17-5-7-20-22(14-17)32-11-9-30-20/h4-7,12-14,18,24,26-28H,1-3,8-11H2/b16-12?,25-23+. The Kier molecular flexibility index (Phi) is 5.87. The molecule has 2 aliphatic heterocycles. The van der Waals surface area contributed by atoms with Gasteiger partial charge in [0.1, 0.15) is 26.4 Å². The van der Waals surface area contributed by atoms with Gasteiger partial charge in [-0.25, -0.2) is 0 Å². The normalized spacial score (nSPS) is 23.2. The van der Waals surface area contributed by atoms with E-state index in [0.717, 1.165) is 41.7 Å². The van der Waals surface area contributed by atoms with E-state index in [1.807, 2.05) is 42.5 Å². The molecule has 2 unspecified atom stereocenters. The molecule has 2 heterocycles. The highest BCUT2D eigenvalue weighted by molar-refractivity contribution is 6.06. The Morgan fingerprint density at radius 2 is 1.56 bits per heavy atom. The molecule has 8 heteroatoms. The number of nitrogens with zero attached hydrogens (tertiary/aromatic N) is 1. The Morgan fingerprint density at radius 3 is 2.25 bits per heavy atom. The molecule has 5 rings (SSSR count). The third kappa shape index (κ3) is 3.99. The van der Waals surface area contributed by atoms with Crippen molar-refractivity contribution in [1.29, 1.82) is 0 Å². The summed E-state index contributed by atoms with van der Waals surface area (Å²) in [6, 6.07) is 10.9. The fourth-order valence-corrected chi connectivity index (χ4v) is 4.63. The number of nitrogens with one attached hydrogen (secondary N) is 1. The number of oxime groups is 1. The number of hydrogen-bond acceptors (Lipinski definition) is 8. The molecule has 1 aliphatic carbocycles. The first kappa shape index (κ1) is 20.7. The molecule has 0 bridgehead atoms. The quantitative estimate of drug-likeness (QED) is 0.491. The Morgan fingerprint density at radius 1 is 0.906 bits per heavy atom. The van der Waals surface area contributed by atoms with E-state index < -0.39 is 6.04 Å². The van der Waals surface area contributed by atoms with Gasteiger partial charge in [0.15, 0.2) is 23.0 Å². The molecule has 2 aromatic carbocycles. The van der Waals surface area contributed by atoms with Crippen LogP contribution in [-0.2, 0) is 0 Å². The van der Waals surface area contributed by atoms with E-state index in [1.165, 1.54) is 0 Å². The van der Waals surface area contributed by atoms with Gasteiger partial charge in [0.2, 0.25) is 0 Å². The number of benzene rings is 2. The Labute approximate surface area is 186 Å². The van der Waals surface area contributed by atoms with E-state index in [4.69, 9.17) is 18.9 Å². The zero-order valence-electron chi connectivity index (χ0n) is 17.6. The SMILES string of the molecule is O/N=C1\C(=Cc2ccc3c(c2)OCCO3)CCCC1C(NO)c1ccc2c(c1)OCCO2. The number of rotatable bonds is 4. The van der Waals surface area contributed by atoms with Crippen molar-refractivity contribution < 1.29 is 29.4 Å². The summed E-state index contributed by atoms with van der Waals surface area (Å²) in [6.45, 7) is 2.08. The minimum atomic E-state index is -0.458. The molecule has 1 saturated carbocycles. The monoisotopic (exact) mass is 438 g/mol. The molecule has 0 aromatic heterocycles. The fraction of sp³-hybridized carbons (Fsp3) is 0.375. The topological polar surface area (TPSA) is 102 Å². The molecule has 3 N–H and O–H groups in total. The lowest BCUT2D eigenvalue weighted by Gasteiger charge is -2.32. The number of allylic oxidation sites excluding steroid dienone is 1. The first-order valence-electron chi connectivity index (χ1n) is 10.9. The van der Waals surface area contributed by atoms with Crippen LogP contribution in [0.3, 0.4) is 0 Å². The van der Waals surface area contributed by atoms with Crippen LogP contribution in [0.2, 0.25) is 0 Å². The van der Waals surface area contributed by atoms with Gasteiger partial charge in [-0.05, 0) is 66.3 Å². The summed E-state index contributed by atoms with van der Waals surface area (Å²) in [4.78, 5) is 0. The van der Waals surface area contributed by atoms with Crippen LogP contribution in [0.25, 0.3) is 6.08 Å². The van der Waals surface area contributed by atoms with Gasteiger partial charge in [-0.3, -0.25) is 0 Å². The van der Waals surface area contributed by atoms with E-state index in [9.17, 15) is 10.4 Å². The molecular formula is C24H26N2O6. The second kappa shape index (κ2) is 9.10. The molecule has 0 amide bonds. The van der Waals surface area contributed by atoms with E-state index in [-0.39, 0.29) is 5.92 Å². The van der Waals surface area contributed by atoms with Crippen molar-refractivity contribution in [2.45, 2.75) is 25.3 Å². The van der Waals surface area contributed by atoms with E-state index in [0.29, 0.717) is 49.4 Å². The lowest BCUT2D eigenvalue weighted by molar-refractivity contribution is 0.106. The van der Waals surface area contributed by atoms with Gasteiger partial charge >= 0.3 is 0 Å². The van der Waals surface area contributed by atoms with E-state index in [1.54, 1.807) is 0 Å². The van der Waals surface area contributed by atoms with Crippen molar-refractivity contribution >= 4 is 11.8 Å². The van der Waals surface area contributed by atoms with Crippen LogP contribution in [0.5, 0.6) is 23.0 Å². The Bertz CT molecular complexity index is 1050. The molecule has 0 radical (unpaired) electrons. The smallest absolute Gasteiger partial charge is 0.161 e. The van der Waals surface area contributed by atoms with Gasteiger partial charge in [-0.2, -0.15) is 5.48 Å². The number of hydrogen-bond donors (Lipinski definition) is 3. The van der Waals surface area contributed by atoms with Gasteiger partial charge < -0.3 is 29.4 Å². The molecule has 0 spiro atoms. The van der Waals surface area contributed by atoms with Crippen LogP contribution in [-0.4, -0.2) is 42.6 Å². The summed E-state index contributed by atoms with van der Waals surface area (Å²) < 4.78 is 22.6. The minimum absolute atomic E-state index is 0.218. The van der Waals surface area contributed by atoms with Crippen molar-refractivity contribution in [2.75, 3.05) is 26.4 Å². The van der Waals surface area contributed by atoms with Crippen LogP contribution >= 0.6 is 0 Å². The molecule has 1 fully saturated rings. The average Bonchev–Trinajstić information content (AvgIpc) is 2.84. The molecule has 8 nitrogen and oxygen atoms in total. The van der Waals surface area contributed by atoms with Crippen molar-refractivity contribution in [3.63, 3.8) is 0 Å². The highest BCUT2D eigenvalue weighted by atomic mass is 16.6. The maximum atomic E-state index is 10.0. The molecule has 32 heavy (non-hydrogen) atoms. The summed E-state index contributed by atoms with van der Waals surface area (Å²) in [5, 5.41) is 23.6. The molecule has 0 saturated heterocycles. The lowest BCUT2D eigenvalue weighted by Crippen LogP contribution is -2.34. The van der Waals surface area contributed by atoms with Crippen molar-refractivity contribution in [3.8, 4) is 23.0 Å². The summed E-state index contributed by atoms with van der Waals surface area (Å²) in [5.74, 6) is 2.57. The van der Waals surface area contributed by atoms with Gasteiger partial charge in [0, 0.05) is 5.92 Å². The summed E-state index contributed by atoms with van der Waals surface area (Å²) >= 11 is 0. The highest BCUT2D eigenvalue weighted by Crippen LogP contribution is 2.40. The Hall–Kier alpha value is -3.23. The Balaban J connectivity index is 1.43. The summed E-state index contributed by atoms with van der Waals surface area (Å²) in [5.41, 5.74) is 5.70. The minimum Gasteiger partial charge on any atom is -0.486 e. The van der Waals surface area contributed by atoms with Crippen LogP contribution in [0.4, 0.5) is 0 Å². The molecular weight excluding hydrogens is 412 g/mol. The summed E-state index contributed by atoms with van der Waals surface area (Å²) in [6.07, 6.45) is 4.47. The zero-order chi connectivity index (χ0) is 21.9. The van der Waals surface area contributed by atoms with Crippen LogP contribution in [0.15, 0.2) is 47.1 Å². The second-order valence-corrected chi connectivity index (χ2v) is 8.07. The van der Waals surface area contributed by atoms with Gasteiger partial charge in [-0.15, -0.1) is 0 Å². The van der Waals surface area contributed by atoms with Gasteiger partial charge in [0.25, 0.3) is 0 Å². The predicted molar refractivity (Wildman–Crippen MR) is 117 cm³/mol. The van der Waals surface area contributed by atoms with Crippen LogP contribution < -0.4 is 24.4 Å². The summed E-state index contributed by atoms with van der Waals surface area (Å²) in [7, 11) is 0. The molecule has 2 aromatic rings.